The van der Waals surface area contributed by atoms with Gasteiger partial charge in [0.1, 0.15) is 0 Å². The number of hydrogen-bond acceptors (Lipinski definition) is 3. The van der Waals surface area contributed by atoms with Gasteiger partial charge in [0.05, 0.1) is 11.0 Å². The molecule has 0 radical (unpaired) electrons. The summed E-state index contributed by atoms with van der Waals surface area (Å²) in [6.45, 7) is 2.63. The van der Waals surface area contributed by atoms with Gasteiger partial charge in [0.15, 0.2) is 0 Å². The van der Waals surface area contributed by atoms with Crippen LogP contribution in [0.2, 0.25) is 0 Å². The molecule has 1 aromatic rings. The Labute approximate surface area is 94.8 Å². The van der Waals surface area contributed by atoms with Gasteiger partial charge in [-0.1, -0.05) is 25.0 Å². The number of nitrogens with one attached hydrogen (secondary N) is 1. The Kier molecular flexibility index (Phi) is 4.49. The molecule has 1 rings (SSSR count). The van der Waals surface area contributed by atoms with E-state index in [1.807, 2.05) is 6.92 Å². The first-order valence-electron chi connectivity index (χ1n) is 5.10. The molecule has 0 bridgehead atoms. The van der Waals surface area contributed by atoms with Crippen molar-refractivity contribution in [3.63, 3.8) is 0 Å². The van der Waals surface area contributed by atoms with E-state index in [4.69, 9.17) is 6.42 Å². The number of rotatable bonds is 5. The molecule has 4 nitrogen and oxygen atoms in total. The molecule has 0 aliphatic heterocycles. The van der Waals surface area contributed by atoms with E-state index in [9.17, 15) is 10.1 Å². The first kappa shape index (κ1) is 12.2. The van der Waals surface area contributed by atoms with Crippen LogP contribution in [0.3, 0.4) is 0 Å². The maximum absolute atomic E-state index is 10.4. The Morgan fingerprint density at radius 1 is 1.50 bits per heavy atom. The van der Waals surface area contributed by atoms with Gasteiger partial charge >= 0.3 is 0 Å². The van der Waals surface area contributed by atoms with Gasteiger partial charge in [-0.05, 0) is 12.0 Å². The molecule has 1 aromatic carbocycles. The van der Waals surface area contributed by atoms with Crippen molar-refractivity contribution in [2.24, 2.45) is 0 Å². The van der Waals surface area contributed by atoms with E-state index in [0.717, 1.165) is 12.0 Å². The Hall–Kier alpha value is -1.86. The summed E-state index contributed by atoms with van der Waals surface area (Å²) in [6.07, 6.45) is 6.17. The van der Waals surface area contributed by atoms with Crippen LogP contribution in [0.1, 0.15) is 18.9 Å². The fraction of sp³-hybridized carbons (Fsp3) is 0.333. The van der Waals surface area contributed by atoms with Gasteiger partial charge in [-0.25, -0.2) is 0 Å². The second kappa shape index (κ2) is 5.89. The number of terminal acetylenes is 1. The molecule has 84 valence electrons. The molecular formula is C12H14N2O2. The van der Waals surface area contributed by atoms with Crippen molar-refractivity contribution < 1.29 is 4.92 Å². The second-order valence-corrected chi connectivity index (χ2v) is 3.43. The van der Waals surface area contributed by atoms with Crippen LogP contribution >= 0.6 is 0 Å². The average molecular weight is 218 g/mol. The molecule has 0 heterocycles. The quantitative estimate of drug-likeness (QED) is 0.467. The molecule has 4 heteroatoms. The lowest BCUT2D eigenvalue weighted by Crippen LogP contribution is -2.26. The van der Waals surface area contributed by atoms with Gasteiger partial charge in [0.2, 0.25) is 0 Å². The lowest BCUT2D eigenvalue weighted by atomic mass is 10.2. The normalized spacial score (nSPS) is 11.8. The van der Waals surface area contributed by atoms with E-state index in [1.165, 1.54) is 12.1 Å². The van der Waals surface area contributed by atoms with Crippen molar-refractivity contribution >= 4 is 5.69 Å². The third kappa shape index (κ3) is 3.37. The standard InChI is InChI=1S/C12H14N2O2/c1-3-11(4-2)13-9-10-5-7-12(8-6-10)14(15)16/h1,5-8,11,13H,4,9H2,2H3. The van der Waals surface area contributed by atoms with Crippen LogP contribution in [-0.4, -0.2) is 11.0 Å². The van der Waals surface area contributed by atoms with Gasteiger partial charge in [-0.15, -0.1) is 6.42 Å². The smallest absolute Gasteiger partial charge is 0.269 e. The zero-order chi connectivity index (χ0) is 12.0. The lowest BCUT2D eigenvalue weighted by Gasteiger charge is -2.10. The van der Waals surface area contributed by atoms with E-state index in [1.54, 1.807) is 12.1 Å². The second-order valence-electron chi connectivity index (χ2n) is 3.43. The molecule has 0 spiro atoms. The summed E-state index contributed by atoms with van der Waals surface area (Å²) >= 11 is 0. The Balaban J connectivity index is 2.56. The third-order valence-corrected chi connectivity index (χ3v) is 2.31. The van der Waals surface area contributed by atoms with Crippen molar-refractivity contribution in [1.29, 1.82) is 0 Å². The molecule has 1 N–H and O–H groups in total. The van der Waals surface area contributed by atoms with Crippen LogP contribution in [0.25, 0.3) is 0 Å². The highest BCUT2D eigenvalue weighted by molar-refractivity contribution is 5.32. The summed E-state index contributed by atoms with van der Waals surface area (Å²) in [5.41, 5.74) is 1.09. The molecule has 0 aromatic heterocycles. The largest absolute Gasteiger partial charge is 0.300 e. The highest BCUT2D eigenvalue weighted by atomic mass is 16.6. The summed E-state index contributed by atoms with van der Waals surface area (Å²) in [5, 5.41) is 13.6. The maximum atomic E-state index is 10.4. The summed E-state index contributed by atoms with van der Waals surface area (Å²) in [5.74, 6) is 2.63. The summed E-state index contributed by atoms with van der Waals surface area (Å²) < 4.78 is 0. The van der Waals surface area contributed by atoms with Gasteiger partial charge in [0, 0.05) is 18.7 Å². The molecule has 1 unspecified atom stereocenters. The van der Waals surface area contributed by atoms with Crippen molar-refractivity contribution in [2.75, 3.05) is 0 Å². The van der Waals surface area contributed by atoms with Gasteiger partial charge in [-0.2, -0.15) is 0 Å². The lowest BCUT2D eigenvalue weighted by molar-refractivity contribution is -0.384. The number of hydrogen-bond donors (Lipinski definition) is 1. The maximum Gasteiger partial charge on any atom is 0.269 e. The number of benzene rings is 1. The van der Waals surface area contributed by atoms with E-state index in [2.05, 4.69) is 11.2 Å². The molecule has 0 aliphatic carbocycles. The minimum absolute atomic E-state index is 0.0511. The number of nitrogens with zero attached hydrogens (tertiary/aromatic N) is 1. The van der Waals surface area contributed by atoms with Crippen molar-refractivity contribution in [3.05, 3.63) is 39.9 Å². The molecule has 16 heavy (non-hydrogen) atoms. The molecule has 0 aliphatic rings. The van der Waals surface area contributed by atoms with E-state index in [0.29, 0.717) is 6.54 Å². The van der Waals surface area contributed by atoms with Crippen LogP contribution in [0, 0.1) is 22.5 Å². The SMILES string of the molecule is C#CC(CC)NCc1ccc([N+](=O)[O-])cc1. The van der Waals surface area contributed by atoms with Crippen LogP contribution in [0.4, 0.5) is 5.69 Å². The van der Waals surface area contributed by atoms with E-state index < -0.39 is 4.92 Å². The van der Waals surface area contributed by atoms with Gasteiger partial charge in [0.25, 0.3) is 5.69 Å². The predicted octanol–water partition coefficient (Wildman–Crippen LogP) is 2.10. The van der Waals surface area contributed by atoms with Crippen molar-refractivity contribution in [3.8, 4) is 12.3 Å². The zero-order valence-electron chi connectivity index (χ0n) is 9.14. The summed E-state index contributed by atoms with van der Waals surface area (Å²) in [6, 6.07) is 6.50. The molecule has 0 saturated heterocycles. The van der Waals surface area contributed by atoms with Gasteiger partial charge < -0.3 is 0 Å². The van der Waals surface area contributed by atoms with Gasteiger partial charge in [-0.3, -0.25) is 15.4 Å². The first-order chi connectivity index (χ1) is 7.67. The van der Waals surface area contributed by atoms with E-state index in [-0.39, 0.29) is 11.7 Å². The van der Waals surface area contributed by atoms with Crippen LogP contribution in [0.5, 0.6) is 0 Å². The minimum Gasteiger partial charge on any atom is -0.300 e. The monoisotopic (exact) mass is 218 g/mol. The van der Waals surface area contributed by atoms with Crippen molar-refractivity contribution in [1.82, 2.24) is 5.32 Å². The molecular weight excluding hydrogens is 204 g/mol. The summed E-state index contributed by atoms with van der Waals surface area (Å²) in [7, 11) is 0. The topological polar surface area (TPSA) is 55.2 Å². The van der Waals surface area contributed by atoms with Crippen LogP contribution < -0.4 is 5.32 Å². The first-order valence-corrected chi connectivity index (χ1v) is 5.10. The Bertz CT molecular complexity index is 392. The number of nitro benzene ring substituents is 1. The number of non-ortho nitro benzene ring substituents is 1. The van der Waals surface area contributed by atoms with Crippen LogP contribution in [-0.2, 0) is 6.54 Å². The fourth-order valence-corrected chi connectivity index (χ4v) is 1.30. The van der Waals surface area contributed by atoms with E-state index >= 15 is 0 Å². The highest BCUT2D eigenvalue weighted by Crippen LogP contribution is 2.11. The highest BCUT2D eigenvalue weighted by Gasteiger charge is 2.05. The predicted molar refractivity (Wildman–Crippen MR) is 62.8 cm³/mol. The molecule has 0 saturated carbocycles. The average Bonchev–Trinajstić information content (AvgIpc) is 2.31. The molecule has 0 fully saturated rings. The molecule has 0 amide bonds. The minimum atomic E-state index is -0.409. The fourth-order valence-electron chi connectivity index (χ4n) is 1.30. The van der Waals surface area contributed by atoms with Crippen molar-refractivity contribution in [2.45, 2.75) is 25.9 Å². The zero-order valence-corrected chi connectivity index (χ0v) is 9.14. The Morgan fingerprint density at radius 3 is 2.56 bits per heavy atom. The van der Waals surface area contributed by atoms with Crippen LogP contribution in [0.15, 0.2) is 24.3 Å². The third-order valence-electron chi connectivity index (χ3n) is 2.31. The number of nitro groups is 1. The summed E-state index contributed by atoms with van der Waals surface area (Å²) in [4.78, 5) is 10.0. The molecule has 1 atom stereocenters. The Morgan fingerprint density at radius 2 is 2.12 bits per heavy atom.